The van der Waals surface area contributed by atoms with E-state index in [1.807, 2.05) is 13.8 Å². The molecule has 1 aromatic rings. The monoisotopic (exact) mass is 249 g/mol. The van der Waals surface area contributed by atoms with Gasteiger partial charge in [0.2, 0.25) is 0 Å². The lowest BCUT2D eigenvalue weighted by Crippen LogP contribution is -2.35. The Morgan fingerprint density at radius 3 is 2.33 bits per heavy atom. The molecule has 0 amide bonds. The first-order valence-corrected chi connectivity index (χ1v) is 6.42. The Morgan fingerprint density at radius 2 is 1.83 bits per heavy atom. The van der Waals surface area contributed by atoms with E-state index in [1.165, 1.54) is 22.3 Å². The first-order valence-electron chi connectivity index (χ1n) is 6.42. The Hall–Kier alpha value is -1.35. The van der Waals surface area contributed by atoms with Gasteiger partial charge in [-0.15, -0.1) is 0 Å². The highest BCUT2D eigenvalue weighted by molar-refractivity contribution is 5.75. The first kappa shape index (κ1) is 14.7. The zero-order valence-electron chi connectivity index (χ0n) is 12.0. The third-order valence-electron chi connectivity index (χ3n) is 3.07. The second-order valence-corrected chi connectivity index (χ2v) is 4.73. The molecule has 18 heavy (non-hydrogen) atoms. The Morgan fingerprint density at radius 1 is 1.28 bits per heavy atom. The largest absolute Gasteiger partial charge is 0.465 e. The van der Waals surface area contributed by atoms with Crippen LogP contribution in [0.15, 0.2) is 12.1 Å². The average Bonchev–Trinajstić information content (AvgIpc) is 2.27. The van der Waals surface area contributed by atoms with E-state index in [1.54, 1.807) is 0 Å². The third-order valence-corrected chi connectivity index (χ3v) is 3.07. The molecule has 1 rings (SSSR count). The molecule has 0 heterocycles. The number of carbonyl (C=O) groups excluding carboxylic acids is 1. The molecule has 1 unspecified atom stereocenters. The highest BCUT2D eigenvalue weighted by Crippen LogP contribution is 2.16. The molecule has 0 aliphatic carbocycles. The maximum absolute atomic E-state index is 11.5. The van der Waals surface area contributed by atoms with Crippen LogP contribution in [-0.4, -0.2) is 18.6 Å². The first-order chi connectivity index (χ1) is 8.45. The fourth-order valence-electron chi connectivity index (χ4n) is 2.09. The highest BCUT2D eigenvalue weighted by atomic mass is 16.5. The van der Waals surface area contributed by atoms with Crippen molar-refractivity contribution >= 4 is 5.97 Å². The van der Waals surface area contributed by atoms with Crippen molar-refractivity contribution in [1.82, 2.24) is 5.32 Å². The Bertz CT molecular complexity index is 403. The van der Waals surface area contributed by atoms with E-state index in [-0.39, 0.29) is 12.0 Å². The van der Waals surface area contributed by atoms with Gasteiger partial charge in [-0.25, -0.2) is 0 Å². The number of nitrogens with one attached hydrogen (secondary N) is 1. The lowest BCUT2D eigenvalue weighted by molar-refractivity contribution is -0.145. The number of ether oxygens (including phenoxy) is 1. The molecule has 3 nitrogen and oxygen atoms in total. The van der Waals surface area contributed by atoms with Gasteiger partial charge in [-0.2, -0.15) is 0 Å². The molecule has 0 radical (unpaired) electrons. The molecule has 1 N–H and O–H groups in total. The van der Waals surface area contributed by atoms with Crippen LogP contribution in [0.3, 0.4) is 0 Å². The van der Waals surface area contributed by atoms with Gasteiger partial charge in [-0.05, 0) is 51.3 Å². The van der Waals surface area contributed by atoms with Crippen LogP contribution in [0.5, 0.6) is 0 Å². The summed E-state index contributed by atoms with van der Waals surface area (Å²) < 4.78 is 4.97. The van der Waals surface area contributed by atoms with Gasteiger partial charge in [0.1, 0.15) is 6.04 Å². The van der Waals surface area contributed by atoms with Crippen LogP contribution in [0.4, 0.5) is 0 Å². The number of hydrogen-bond acceptors (Lipinski definition) is 3. The molecule has 0 saturated carbocycles. The molecule has 0 spiro atoms. The normalized spacial score (nSPS) is 12.3. The van der Waals surface area contributed by atoms with E-state index in [9.17, 15) is 4.79 Å². The zero-order chi connectivity index (χ0) is 13.7. The second-order valence-electron chi connectivity index (χ2n) is 4.73. The van der Waals surface area contributed by atoms with Gasteiger partial charge in [0.15, 0.2) is 0 Å². The number of rotatable bonds is 5. The van der Waals surface area contributed by atoms with Gasteiger partial charge in [-0.1, -0.05) is 17.7 Å². The second kappa shape index (κ2) is 6.55. The molecule has 0 aliphatic heterocycles. The van der Waals surface area contributed by atoms with E-state index in [2.05, 4.69) is 38.2 Å². The molecule has 0 aromatic heterocycles. The molecule has 0 aliphatic rings. The number of aryl methyl sites for hydroxylation is 3. The topological polar surface area (TPSA) is 38.3 Å². The van der Waals surface area contributed by atoms with E-state index in [0.29, 0.717) is 13.2 Å². The summed E-state index contributed by atoms with van der Waals surface area (Å²) in [6.07, 6.45) is 0. The van der Waals surface area contributed by atoms with Crippen LogP contribution in [0.2, 0.25) is 0 Å². The maximum Gasteiger partial charge on any atom is 0.322 e. The van der Waals surface area contributed by atoms with Crippen molar-refractivity contribution in [3.63, 3.8) is 0 Å². The van der Waals surface area contributed by atoms with Gasteiger partial charge >= 0.3 is 5.97 Å². The minimum Gasteiger partial charge on any atom is -0.465 e. The molecular weight excluding hydrogens is 226 g/mol. The van der Waals surface area contributed by atoms with Crippen molar-refractivity contribution < 1.29 is 9.53 Å². The van der Waals surface area contributed by atoms with Crippen LogP contribution in [-0.2, 0) is 16.1 Å². The van der Waals surface area contributed by atoms with E-state index < -0.39 is 0 Å². The Balaban J connectivity index is 2.66. The molecular formula is C15H23NO2. The molecule has 100 valence electrons. The number of hydrogen-bond donors (Lipinski definition) is 1. The minimum atomic E-state index is -0.273. The maximum atomic E-state index is 11.5. The highest BCUT2D eigenvalue weighted by Gasteiger charge is 2.14. The summed E-state index contributed by atoms with van der Waals surface area (Å²) in [5, 5.41) is 3.21. The quantitative estimate of drug-likeness (QED) is 0.815. The summed E-state index contributed by atoms with van der Waals surface area (Å²) in [6, 6.07) is 4.06. The van der Waals surface area contributed by atoms with E-state index >= 15 is 0 Å². The van der Waals surface area contributed by atoms with Gasteiger partial charge in [0, 0.05) is 6.54 Å². The summed E-state index contributed by atoms with van der Waals surface area (Å²) in [6.45, 7) is 11.1. The Labute approximate surface area is 110 Å². The molecule has 1 aromatic carbocycles. The summed E-state index contributed by atoms with van der Waals surface area (Å²) in [4.78, 5) is 11.5. The van der Waals surface area contributed by atoms with Gasteiger partial charge < -0.3 is 10.1 Å². The van der Waals surface area contributed by atoms with Crippen molar-refractivity contribution in [2.45, 2.75) is 47.2 Å². The Kier molecular flexibility index (Phi) is 5.35. The summed E-state index contributed by atoms with van der Waals surface area (Å²) in [5.41, 5.74) is 5.05. The molecule has 0 fully saturated rings. The minimum absolute atomic E-state index is 0.195. The van der Waals surface area contributed by atoms with Crippen LogP contribution < -0.4 is 5.32 Å². The molecule has 0 saturated heterocycles. The van der Waals surface area contributed by atoms with Crippen LogP contribution in [0, 0.1) is 20.8 Å². The molecule has 3 heteroatoms. The summed E-state index contributed by atoms with van der Waals surface area (Å²) in [7, 11) is 0. The fourth-order valence-corrected chi connectivity index (χ4v) is 2.09. The summed E-state index contributed by atoms with van der Waals surface area (Å²) in [5.74, 6) is -0.195. The average molecular weight is 249 g/mol. The van der Waals surface area contributed by atoms with Gasteiger partial charge in [0.25, 0.3) is 0 Å². The number of carbonyl (C=O) groups is 1. The van der Waals surface area contributed by atoms with Crippen molar-refractivity contribution in [2.24, 2.45) is 0 Å². The van der Waals surface area contributed by atoms with E-state index in [0.717, 1.165) is 0 Å². The van der Waals surface area contributed by atoms with Crippen molar-refractivity contribution in [3.8, 4) is 0 Å². The van der Waals surface area contributed by atoms with Crippen molar-refractivity contribution in [1.29, 1.82) is 0 Å². The zero-order valence-corrected chi connectivity index (χ0v) is 12.0. The predicted octanol–water partition coefficient (Wildman–Crippen LogP) is 2.65. The van der Waals surface area contributed by atoms with Crippen LogP contribution >= 0.6 is 0 Å². The smallest absolute Gasteiger partial charge is 0.322 e. The number of benzene rings is 1. The van der Waals surface area contributed by atoms with Crippen molar-refractivity contribution in [3.05, 3.63) is 34.4 Å². The number of esters is 1. The summed E-state index contributed by atoms with van der Waals surface area (Å²) >= 11 is 0. The SMILES string of the molecule is CCOC(=O)C(C)NCc1c(C)cc(C)cc1C. The van der Waals surface area contributed by atoms with Gasteiger partial charge in [-0.3, -0.25) is 4.79 Å². The standard InChI is InChI=1S/C15H23NO2/c1-6-18-15(17)13(5)16-9-14-11(3)7-10(2)8-12(14)4/h7-8,13,16H,6,9H2,1-5H3. The van der Waals surface area contributed by atoms with Crippen molar-refractivity contribution in [2.75, 3.05) is 6.61 Å². The van der Waals surface area contributed by atoms with Crippen LogP contribution in [0.25, 0.3) is 0 Å². The fraction of sp³-hybridized carbons (Fsp3) is 0.533. The lowest BCUT2D eigenvalue weighted by atomic mass is 9.99. The molecule has 1 atom stereocenters. The predicted molar refractivity (Wildman–Crippen MR) is 73.6 cm³/mol. The third kappa shape index (κ3) is 3.84. The van der Waals surface area contributed by atoms with Crippen LogP contribution in [0.1, 0.15) is 36.1 Å². The lowest BCUT2D eigenvalue weighted by Gasteiger charge is -2.16. The molecule has 0 bridgehead atoms. The van der Waals surface area contributed by atoms with E-state index in [4.69, 9.17) is 4.74 Å². The van der Waals surface area contributed by atoms with Gasteiger partial charge in [0.05, 0.1) is 6.61 Å².